The Bertz CT molecular complexity index is 651. The van der Waals surface area contributed by atoms with Gasteiger partial charge in [0.25, 0.3) is 5.69 Å². The highest BCUT2D eigenvalue weighted by atomic mass is 16.6. The summed E-state index contributed by atoms with van der Waals surface area (Å²) >= 11 is 0. The number of aromatic nitrogens is 2. The van der Waals surface area contributed by atoms with Gasteiger partial charge in [-0.05, 0) is 25.0 Å². The van der Waals surface area contributed by atoms with Gasteiger partial charge in [0.15, 0.2) is 0 Å². The van der Waals surface area contributed by atoms with Gasteiger partial charge in [-0.1, -0.05) is 0 Å². The third-order valence-electron chi connectivity index (χ3n) is 3.58. The van der Waals surface area contributed by atoms with Crippen LogP contribution in [0, 0.1) is 10.1 Å². The number of hydrogen-bond donors (Lipinski definition) is 1. The number of hydrogen-bond acceptors (Lipinski definition) is 7. The monoisotopic (exact) mass is 304 g/mol. The van der Waals surface area contributed by atoms with Crippen molar-refractivity contribution in [1.29, 1.82) is 0 Å². The summed E-state index contributed by atoms with van der Waals surface area (Å²) in [7, 11) is 0. The van der Waals surface area contributed by atoms with Crippen molar-refractivity contribution in [2.75, 3.05) is 13.2 Å². The maximum atomic E-state index is 10.6. The second kappa shape index (κ2) is 6.20. The van der Waals surface area contributed by atoms with Crippen LogP contribution >= 0.6 is 0 Å². The summed E-state index contributed by atoms with van der Waals surface area (Å²) in [5.74, 6) is 0.818. The lowest BCUT2D eigenvalue weighted by atomic mass is 10.2. The summed E-state index contributed by atoms with van der Waals surface area (Å²) in [4.78, 5) is 12.3. The van der Waals surface area contributed by atoms with Gasteiger partial charge in [0.2, 0.25) is 11.8 Å². The van der Waals surface area contributed by atoms with Crippen LogP contribution in [0.4, 0.5) is 5.69 Å². The summed E-state index contributed by atoms with van der Waals surface area (Å²) in [6.07, 6.45) is 2.26. The molecule has 2 aromatic rings. The zero-order chi connectivity index (χ0) is 15.5. The Kier molecular flexibility index (Phi) is 4.12. The molecule has 0 aliphatic heterocycles. The highest BCUT2D eigenvalue weighted by Crippen LogP contribution is 2.28. The van der Waals surface area contributed by atoms with Gasteiger partial charge in [0, 0.05) is 30.3 Å². The maximum absolute atomic E-state index is 10.6. The average molecular weight is 304 g/mol. The molecular weight excluding hydrogens is 288 g/mol. The molecule has 1 aliphatic rings. The molecule has 22 heavy (non-hydrogen) atoms. The summed E-state index contributed by atoms with van der Waals surface area (Å²) in [6, 6.07) is 6.47. The van der Waals surface area contributed by atoms with E-state index in [0.29, 0.717) is 36.5 Å². The number of nitro benzene ring substituents is 1. The molecule has 0 bridgehead atoms. The van der Waals surface area contributed by atoms with Crippen molar-refractivity contribution in [2.24, 2.45) is 0 Å². The molecule has 0 spiro atoms. The van der Waals surface area contributed by atoms with Crippen molar-refractivity contribution in [3.8, 4) is 11.5 Å². The molecule has 1 fully saturated rings. The fourth-order valence-corrected chi connectivity index (χ4v) is 2.29. The average Bonchev–Trinajstić information content (AvgIpc) is 3.26. The lowest BCUT2D eigenvalue weighted by Crippen LogP contribution is -2.28. The van der Waals surface area contributed by atoms with Crippen LogP contribution in [-0.4, -0.2) is 44.3 Å². The van der Waals surface area contributed by atoms with Crippen molar-refractivity contribution in [1.82, 2.24) is 15.1 Å². The molecule has 116 valence electrons. The normalized spacial score (nSPS) is 14.5. The minimum atomic E-state index is -0.453. The van der Waals surface area contributed by atoms with Crippen LogP contribution in [0.1, 0.15) is 18.7 Å². The fraction of sp³-hybridized carbons (Fsp3) is 0.429. The van der Waals surface area contributed by atoms with Crippen molar-refractivity contribution < 1.29 is 14.4 Å². The first-order chi connectivity index (χ1) is 10.7. The van der Waals surface area contributed by atoms with Crippen LogP contribution in [0.2, 0.25) is 0 Å². The smallest absolute Gasteiger partial charge is 0.269 e. The van der Waals surface area contributed by atoms with Crippen molar-refractivity contribution in [2.45, 2.75) is 25.4 Å². The Morgan fingerprint density at radius 3 is 2.64 bits per heavy atom. The van der Waals surface area contributed by atoms with Crippen LogP contribution in [0.15, 0.2) is 28.7 Å². The first-order valence-corrected chi connectivity index (χ1v) is 7.09. The van der Waals surface area contributed by atoms with E-state index >= 15 is 0 Å². The summed E-state index contributed by atoms with van der Waals surface area (Å²) < 4.78 is 5.61. The molecule has 1 aromatic carbocycles. The van der Waals surface area contributed by atoms with E-state index < -0.39 is 4.92 Å². The Morgan fingerprint density at radius 1 is 1.32 bits per heavy atom. The Morgan fingerprint density at radius 2 is 2.05 bits per heavy atom. The third-order valence-corrected chi connectivity index (χ3v) is 3.58. The van der Waals surface area contributed by atoms with Crippen LogP contribution < -0.4 is 0 Å². The fourth-order valence-electron chi connectivity index (χ4n) is 2.29. The number of nitro groups is 1. The molecule has 0 radical (unpaired) electrons. The maximum Gasteiger partial charge on any atom is 0.269 e. The van der Waals surface area contributed by atoms with Crippen molar-refractivity contribution in [3.63, 3.8) is 0 Å². The summed E-state index contributed by atoms with van der Waals surface area (Å²) in [5.41, 5.74) is 0.663. The number of aliphatic hydroxyl groups excluding tert-OH is 1. The van der Waals surface area contributed by atoms with Crippen LogP contribution in [0.3, 0.4) is 0 Å². The van der Waals surface area contributed by atoms with E-state index in [1.807, 2.05) is 0 Å². The van der Waals surface area contributed by atoms with Crippen molar-refractivity contribution in [3.05, 3.63) is 40.3 Å². The SMILES string of the molecule is O=[N+]([O-])c1ccc(-c2nnc(CN(CCO)C3CC3)o2)cc1. The lowest BCUT2D eigenvalue weighted by Gasteiger charge is -2.17. The second-order valence-corrected chi connectivity index (χ2v) is 5.23. The first kappa shape index (κ1) is 14.6. The standard InChI is InChI=1S/C14H16N4O4/c19-8-7-17(11-5-6-11)9-13-15-16-14(22-13)10-1-3-12(4-2-10)18(20)21/h1-4,11,19H,5-9H2. The van der Waals surface area contributed by atoms with Gasteiger partial charge in [0.05, 0.1) is 18.1 Å². The number of benzene rings is 1. The van der Waals surface area contributed by atoms with Crippen molar-refractivity contribution >= 4 is 5.69 Å². The van der Waals surface area contributed by atoms with Gasteiger partial charge in [-0.2, -0.15) is 0 Å². The van der Waals surface area contributed by atoms with E-state index in [-0.39, 0.29) is 12.3 Å². The second-order valence-electron chi connectivity index (χ2n) is 5.23. The largest absolute Gasteiger partial charge is 0.419 e. The molecule has 8 nitrogen and oxygen atoms in total. The van der Waals surface area contributed by atoms with Crippen LogP contribution in [0.25, 0.3) is 11.5 Å². The Hall–Kier alpha value is -2.32. The van der Waals surface area contributed by atoms with Gasteiger partial charge in [0.1, 0.15) is 0 Å². The zero-order valence-corrected chi connectivity index (χ0v) is 11.9. The van der Waals surface area contributed by atoms with E-state index in [1.165, 1.54) is 12.1 Å². The molecule has 8 heteroatoms. The molecule has 0 atom stereocenters. The van der Waals surface area contributed by atoms with Crippen LogP contribution in [0.5, 0.6) is 0 Å². The third kappa shape index (κ3) is 3.29. The van der Waals surface area contributed by atoms with E-state index in [9.17, 15) is 10.1 Å². The molecule has 0 saturated heterocycles. The Labute approximate surface area is 126 Å². The summed E-state index contributed by atoms with van der Waals surface area (Å²) in [5, 5.41) is 27.7. The quantitative estimate of drug-likeness (QED) is 0.611. The molecule has 1 aliphatic carbocycles. The zero-order valence-electron chi connectivity index (χ0n) is 11.9. The highest BCUT2D eigenvalue weighted by Gasteiger charge is 2.29. The molecule has 1 aromatic heterocycles. The van der Waals surface area contributed by atoms with Gasteiger partial charge < -0.3 is 9.52 Å². The Balaban J connectivity index is 1.71. The molecule has 0 amide bonds. The van der Waals surface area contributed by atoms with Gasteiger partial charge >= 0.3 is 0 Å². The van der Waals surface area contributed by atoms with Gasteiger partial charge in [-0.25, -0.2) is 0 Å². The van der Waals surface area contributed by atoms with E-state index in [1.54, 1.807) is 12.1 Å². The highest BCUT2D eigenvalue weighted by molar-refractivity contribution is 5.55. The van der Waals surface area contributed by atoms with E-state index in [4.69, 9.17) is 9.52 Å². The molecular formula is C14H16N4O4. The molecule has 0 unspecified atom stereocenters. The number of nitrogens with zero attached hydrogens (tertiary/aromatic N) is 4. The first-order valence-electron chi connectivity index (χ1n) is 7.09. The van der Waals surface area contributed by atoms with Crippen LogP contribution in [-0.2, 0) is 6.54 Å². The predicted molar refractivity (Wildman–Crippen MR) is 76.9 cm³/mol. The predicted octanol–water partition coefficient (Wildman–Crippen LogP) is 1.60. The minimum absolute atomic E-state index is 0.0198. The minimum Gasteiger partial charge on any atom is -0.419 e. The van der Waals surface area contributed by atoms with Gasteiger partial charge in [-0.3, -0.25) is 15.0 Å². The molecule has 1 saturated carbocycles. The topological polar surface area (TPSA) is 106 Å². The number of rotatable bonds is 7. The van der Waals surface area contributed by atoms with Gasteiger partial charge in [-0.15, -0.1) is 10.2 Å². The molecule has 3 rings (SSSR count). The summed E-state index contributed by atoms with van der Waals surface area (Å²) in [6.45, 7) is 1.19. The molecule has 1 N–H and O–H groups in total. The van der Waals surface area contributed by atoms with E-state index in [0.717, 1.165) is 12.8 Å². The lowest BCUT2D eigenvalue weighted by molar-refractivity contribution is -0.384. The number of aliphatic hydroxyl groups is 1. The molecule has 1 heterocycles. The number of non-ortho nitro benzene ring substituents is 1. The van der Waals surface area contributed by atoms with E-state index in [2.05, 4.69) is 15.1 Å².